The van der Waals surface area contributed by atoms with Crippen molar-refractivity contribution in [2.75, 3.05) is 0 Å². The highest BCUT2D eigenvalue weighted by molar-refractivity contribution is 9.11. The van der Waals surface area contributed by atoms with Gasteiger partial charge in [-0.25, -0.2) is 9.67 Å². The molecule has 1 aromatic carbocycles. The highest BCUT2D eigenvalue weighted by atomic mass is 79.9. The maximum absolute atomic E-state index is 5.82. The lowest BCUT2D eigenvalue weighted by Gasteiger charge is -2.05. The molecule has 18 heavy (non-hydrogen) atoms. The van der Waals surface area contributed by atoms with Crippen LogP contribution in [0.1, 0.15) is 0 Å². The van der Waals surface area contributed by atoms with Crippen LogP contribution in [0.3, 0.4) is 0 Å². The van der Waals surface area contributed by atoms with Crippen molar-refractivity contribution in [2.24, 2.45) is 0 Å². The molecule has 2 aromatic heterocycles. The second kappa shape index (κ2) is 4.60. The van der Waals surface area contributed by atoms with Crippen LogP contribution in [-0.2, 0) is 0 Å². The summed E-state index contributed by atoms with van der Waals surface area (Å²) < 4.78 is 3.62. The van der Waals surface area contributed by atoms with Gasteiger partial charge in [0, 0.05) is 15.1 Å². The largest absolute Gasteiger partial charge is 0.226 e. The summed E-state index contributed by atoms with van der Waals surface area (Å²) in [5, 5.41) is 5.36. The van der Waals surface area contributed by atoms with E-state index in [1.54, 1.807) is 17.1 Å². The minimum Gasteiger partial charge on any atom is -0.226 e. The van der Waals surface area contributed by atoms with Gasteiger partial charge in [-0.1, -0.05) is 15.9 Å². The zero-order chi connectivity index (χ0) is 12.7. The molecule has 90 valence electrons. The molecule has 0 aliphatic carbocycles. The van der Waals surface area contributed by atoms with E-state index in [-0.39, 0.29) is 5.28 Å². The first kappa shape index (κ1) is 12.1. The Labute approximate surface area is 124 Å². The van der Waals surface area contributed by atoms with Gasteiger partial charge in [0.05, 0.1) is 17.3 Å². The first-order valence-corrected chi connectivity index (χ1v) is 6.93. The third-order valence-corrected chi connectivity index (χ3v) is 3.73. The van der Waals surface area contributed by atoms with Crippen LogP contribution < -0.4 is 0 Å². The van der Waals surface area contributed by atoms with Crippen molar-refractivity contribution in [1.82, 2.24) is 19.7 Å². The lowest BCUT2D eigenvalue weighted by Crippen LogP contribution is -1.99. The maximum atomic E-state index is 5.82. The van der Waals surface area contributed by atoms with Gasteiger partial charge >= 0.3 is 0 Å². The van der Waals surface area contributed by atoms with E-state index in [2.05, 4.69) is 46.9 Å². The minimum atomic E-state index is 0.206. The summed E-state index contributed by atoms with van der Waals surface area (Å²) in [6.07, 6.45) is 3.36. The van der Waals surface area contributed by atoms with Crippen LogP contribution >= 0.6 is 43.5 Å². The second-order valence-corrected chi connectivity index (χ2v) is 5.68. The first-order chi connectivity index (χ1) is 8.65. The quantitative estimate of drug-likeness (QED) is 0.592. The van der Waals surface area contributed by atoms with E-state index in [4.69, 9.17) is 11.6 Å². The molecule has 0 N–H and O–H groups in total. The molecule has 0 radical (unpaired) electrons. The molecule has 0 bridgehead atoms. The zero-order valence-corrected chi connectivity index (χ0v) is 12.7. The van der Waals surface area contributed by atoms with E-state index >= 15 is 0 Å². The van der Waals surface area contributed by atoms with E-state index in [0.717, 1.165) is 20.0 Å². The summed E-state index contributed by atoms with van der Waals surface area (Å²) in [7, 11) is 0. The summed E-state index contributed by atoms with van der Waals surface area (Å²) in [6, 6.07) is 5.83. The highest BCUT2D eigenvalue weighted by Crippen LogP contribution is 2.27. The predicted octanol–water partition coefficient (Wildman–Crippen LogP) is 3.99. The van der Waals surface area contributed by atoms with Gasteiger partial charge in [-0.05, 0) is 45.7 Å². The van der Waals surface area contributed by atoms with E-state index in [9.17, 15) is 0 Å². The molecule has 0 aliphatic rings. The molecule has 0 atom stereocenters. The van der Waals surface area contributed by atoms with Crippen molar-refractivity contribution >= 4 is 54.5 Å². The predicted molar refractivity (Wildman–Crippen MR) is 77.1 cm³/mol. The van der Waals surface area contributed by atoms with Crippen molar-refractivity contribution in [3.63, 3.8) is 0 Å². The van der Waals surface area contributed by atoms with Gasteiger partial charge in [0.1, 0.15) is 0 Å². The van der Waals surface area contributed by atoms with Gasteiger partial charge < -0.3 is 0 Å². The van der Waals surface area contributed by atoms with Crippen LogP contribution in [0, 0.1) is 0 Å². The Morgan fingerprint density at radius 3 is 2.78 bits per heavy atom. The van der Waals surface area contributed by atoms with Gasteiger partial charge in [0.25, 0.3) is 0 Å². The number of aromatic nitrogens is 4. The van der Waals surface area contributed by atoms with Gasteiger partial charge in [-0.2, -0.15) is 10.1 Å². The third kappa shape index (κ3) is 2.04. The molecule has 0 unspecified atom stereocenters. The van der Waals surface area contributed by atoms with Gasteiger partial charge in [0.15, 0.2) is 5.65 Å². The zero-order valence-electron chi connectivity index (χ0n) is 8.81. The lowest BCUT2D eigenvalue weighted by molar-refractivity contribution is 0.890. The minimum absolute atomic E-state index is 0.206. The molecular formula is C11H5Br2ClN4. The highest BCUT2D eigenvalue weighted by Gasteiger charge is 2.10. The molecule has 4 nitrogen and oxygen atoms in total. The first-order valence-electron chi connectivity index (χ1n) is 4.97. The number of halogens is 3. The average Bonchev–Trinajstić information content (AvgIpc) is 2.72. The van der Waals surface area contributed by atoms with Crippen LogP contribution in [0.25, 0.3) is 16.7 Å². The normalized spacial score (nSPS) is 11.1. The summed E-state index contributed by atoms with van der Waals surface area (Å²) in [5.41, 5.74) is 1.57. The molecule has 3 aromatic rings. The number of fused-ring (bicyclic) bond motifs is 1. The van der Waals surface area contributed by atoms with Crippen molar-refractivity contribution in [3.8, 4) is 5.69 Å². The fourth-order valence-electron chi connectivity index (χ4n) is 1.63. The molecule has 2 heterocycles. The molecular weight excluding hydrogens is 383 g/mol. The Bertz CT molecular complexity index is 741. The number of nitrogens with zero attached hydrogens (tertiary/aromatic N) is 4. The van der Waals surface area contributed by atoms with Crippen molar-refractivity contribution in [3.05, 3.63) is 44.8 Å². The van der Waals surface area contributed by atoms with Gasteiger partial charge in [-0.3, -0.25) is 0 Å². The smallest absolute Gasteiger partial charge is 0.224 e. The van der Waals surface area contributed by atoms with Gasteiger partial charge in [0.2, 0.25) is 5.28 Å². The Morgan fingerprint density at radius 2 is 2.00 bits per heavy atom. The molecule has 0 aliphatic heterocycles. The van der Waals surface area contributed by atoms with Crippen molar-refractivity contribution in [1.29, 1.82) is 0 Å². The summed E-state index contributed by atoms with van der Waals surface area (Å²) in [5.74, 6) is 0. The number of hydrogen-bond acceptors (Lipinski definition) is 3. The lowest BCUT2D eigenvalue weighted by atomic mass is 10.3. The van der Waals surface area contributed by atoms with E-state index in [1.807, 2.05) is 18.2 Å². The summed E-state index contributed by atoms with van der Waals surface area (Å²) >= 11 is 12.7. The Morgan fingerprint density at radius 1 is 1.17 bits per heavy atom. The Kier molecular flexibility index (Phi) is 3.09. The van der Waals surface area contributed by atoms with Gasteiger partial charge in [-0.15, -0.1) is 0 Å². The monoisotopic (exact) mass is 386 g/mol. The molecule has 3 rings (SSSR count). The Hall–Kier alpha value is -0.980. The molecule has 0 saturated heterocycles. The van der Waals surface area contributed by atoms with Crippen molar-refractivity contribution in [2.45, 2.75) is 0 Å². The van der Waals surface area contributed by atoms with Crippen LogP contribution in [0.2, 0.25) is 5.28 Å². The standard InChI is InChI=1S/C11H5Br2ClN4/c12-7-1-2-9(8(13)3-7)18-10-6(5-16-18)4-15-11(14)17-10/h1-5H. The second-order valence-electron chi connectivity index (χ2n) is 3.57. The van der Waals surface area contributed by atoms with E-state index in [0.29, 0.717) is 5.65 Å². The maximum Gasteiger partial charge on any atom is 0.224 e. The number of rotatable bonds is 1. The molecule has 0 saturated carbocycles. The molecule has 0 fully saturated rings. The number of benzene rings is 1. The van der Waals surface area contributed by atoms with E-state index < -0.39 is 0 Å². The Balaban J connectivity index is 2.28. The fourth-order valence-corrected chi connectivity index (χ4v) is 2.97. The van der Waals surface area contributed by atoms with Crippen LogP contribution in [-0.4, -0.2) is 19.7 Å². The fraction of sp³-hybridized carbons (Fsp3) is 0. The van der Waals surface area contributed by atoms with Crippen LogP contribution in [0.15, 0.2) is 39.5 Å². The molecule has 0 spiro atoms. The summed E-state index contributed by atoms with van der Waals surface area (Å²) in [6.45, 7) is 0. The summed E-state index contributed by atoms with van der Waals surface area (Å²) in [4.78, 5) is 8.13. The molecule has 0 amide bonds. The SMILES string of the molecule is Clc1ncc2cnn(-c3ccc(Br)cc3Br)c2n1. The topological polar surface area (TPSA) is 43.6 Å². The van der Waals surface area contributed by atoms with Crippen LogP contribution in [0.5, 0.6) is 0 Å². The van der Waals surface area contributed by atoms with Crippen molar-refractivity contribution < 1.29 is 0 Å². The average molecular weight is 388 g/mol. The van der Waals surface area contributed by atoms with Crippen LogP contribution in [0.4, 0.5) is 0 Å². The number of hydrogen-bond donors (Lipinski definition) is 0. The molecule has 7 heteroatoms. The van der Waals surface area contributed by atoms with E-state index in [1.165, 1.54) is 0 Å². The third-order valence-electron chi connectivity index (χ3n) is 2.42.